The molecule has 0 radical (unpaired) electrons. The normalized spacial score (nSPS) is 10.1. The number of anilines is 1. The van der Waals surface area contributed by atoms with E-state index in [9.17, 15) is 4.79 Å². The SMILES string of the molecule is O=C(Cc1ccccc1)Nc1cc(Cl)cc(Cl)c1. The Morgan fingerprint density at radius 2 is 1.61 bits per heavy atom. The summed E-state index contributed by atoms with van der Waals surface area (Å²) in [6, 6.07) is 14.5. The summed E-state index contributed by atoms with van der Waals surface area (Å²) in [5.74, 6) is -0.0977. The van der Waals surface area contributed by atoms with Gasteiger partial charge in [-0.1, -0.05) is 53.5 Å². The standard InChI is InChI=1S/C14H11Cl2NO/c15-11-7-12(16)9-13(8-11)17-14(18)6-10-4-2-1-3-5-10/h1-5,7-9H,6H2,(H,17,18). The number of rotatable bonds is 3. The first kappa shape index (κ1) is 12.9. The second kappa shape index (κ2) is 5.89. The number of hydrogen-bond acceptors (Lipinski definition) is 1. The molecule has 0 fully saturated rings. The predicted octanol–water partition coefficient (Wildman–Crippen LogP) is 4.17. The molecular formula is C14H11Cl2NO. The van der Waals surface area contributed by atoms with E-state index >= 15 is 0 Å². The molecule has 1 amide bonds. The van der Waals surface area contributed by atoms with Crippen molar-refractivity contribution in [2.45, 2.75) is 6.42 Å². The fraction of sp³-hybridized carbons (Fsp3) is 0.0714. The van der Waals surface area contributed by atoms with Crippen LogP contribution in [0.25, 0.3) is 0 Å². The number of amides is 1. The van der Waals surface area contributed by atoms with Gasteiger partial charge in [-0.25, -0.2) is 0 Å². The zero-order valence-electron chi connectivity index (χ0n) is 9.49. The van der Waals surface area contributed by atoms with Gasteiger partial charge in [0.25, 0.3) is 0 Å². The van der Waals surface area contributed by atoms with Crippen LogP contribution in [0.4, 0.5) is 5.69 Å². The van der Waals surface area contributed by atoms with E-state index in [0.717, 1.165) is 5.56 Å². The van der Waals surface area contributed by atoms with Crippen molar-refractivity contribution < 1.29 is 4.79 Å². The highest BCUT2D eigenvalue weighted by atomic mass is 35.5. The number of hydrogen-bond donors (Lipinski definition) is 1. The van der Waals surface area contributed by atoms with E-state index < -0.39 is 0 Å². The average molecular weight is 280 g/mol. The molecule has 0 bridgehead atoms. The Hall–Kier alpha value is -1.51. The van der Waals surface area contributed by atoms with Gasteiger partial charge in [0.15, 0.2) is 0 Å². The fourth-order valence-electron chi connectivity index (χ4n) is 1.61. The summed E-state index contributed by atoms with van der Waals surface area (Å²) in [5.41, 5.74) is 1.57. The summed E-state index contributed by atoms with van der Waals surface area (Å²) in [4.78, 5) is 11.8. The maximum absolute atomic E-state index is 11.8. The molecule has 0 aliphatic heterocycles. The van der Waals surface area contributed by atoms with Crippen LogP contribution >= 0.6 is 23.2 Å². The topological polar surface area (TPSA) is 29.1 Å². The van der Waals surface area contributed by atoms with Gasteiger partial charge in [-0.05, 0) is 23.8 Å². The molecule has 0 heterocycles. The number of halogens is 2. The van der Waals surface area contributed by atoms with Crippen molar-refractivity contribution in [3.05, 3.63) is 64.1 Å². The van der Waals surface area contributed by atoms with Gasteiger partial charge in [-0.3, -0.25) is 4.79 Å². The lowest BCUT2D eigenvalue weighted by Gasteiger charge is -2.06. The molecule has 0 aromatic heterocycles. The highest BCUT2D eigenvalue weighted by Gasteiger charge is 2.05. The number of nitrogens with one attached hydrogen (secondary N) is 1. The van der Waals surface area contributed by atoms with Crippen LogP contribution in [0, 0.1) is 0 Å². The van der Waals surface area contributed by atoms with Crippen molar-refractivity contribution >= 4 is 34.8 Å². The minimum absolute atomic E-state index is 0.0977. The van der Waals surface area contributed by atoms with E-state index in [4.69, 9.17) is 23.2 Å². The smallest absolute Gasteiger partial charge is 0.228 e. The van der Waals surface area contributed by atoms with Crippen molar-refractivity contribution in [1.29, 1.82) is 0 Å². The molecular weight excluding hydrogens is 269 g/mol. The van der Waals surface area contributed by atoms with E-state index in [1.54, 1.807) is 18.2 Å². The minimum atomic E-state index is -0.0977. The molecule has 0 saturated heterocycles. The largest absolute Gasteiger partial charge is 0.326 e. The lowest BCUT2D eigenvalue weighted by atomic mass is 10.1. The fourth-order valence-corrected chi connectivity index (χ4v) is 2.14. The van der Waals surface area contributed by atoms with Crippen LogP contribution in [-0.2, 0) is 11.2 Å². The highest BCUT2D eigenvalue weighted by Crippen LogP contribution is 2.22. The molecule has 92 valence electrons. The first-order valence-electron chi connectivity index (χ1n) is 5.43. The molecule has 2 aromatic rings. The van der Waals surface area contributed by atoms with Crippen LogP contribution < -0.4 is 5.32 Å². The maximum atomic E-state index is 11.8. The van der Waals surface area contributed by atoms with Gasteiger partial charge < -0.3 is 5.32 Å². The van der Waals surface area contributed by atoms with Crippen molar-refractivity contribution in [2.75, 3.05) is 5.32 Å². The molecule has 0 unspecified atom stereocenters. The van der Waals surface area contributed by atoms with E-state index in [0.29, 0.717) is 22.2 Å². The Labute approximate surface area is 116 Å². The predicted molar refractivity (Wildman–Crippen MR) is 75.2 cm³/mol. The first-order chi connectivity index (χ1) is 8.63. The van der Waals surface area contributed by atoms with Gasteiger partial charge in [0.1, 0.15) is 0 Å². The Morgan fingerprint density at radius 3 is 2.22 bits per heavy atom. The number of carbonyl (C=O) groups is 1. The Bertz CT molecular complexity index is 535. The number of benzene rings is 2. The van der Waals surface area contributed by atoms with Gasteiger partial charge >= 0.3 is 0 Å². The Kier molecular flexibility index (Phi) is 4.24. The van der Waals surface area contributed by atoms with Crippen LogP contribution in [0.3, 0.4) is 0 Å². The van der Waals surface area contributed by atoms with Gasteiger partial charge in [-0.2, -0.15) is 0 Å². The lowest BCUT2D eigenvalue weighted by molar-refractivity contribution is -0.115. The quantitative estimate of drug-likeness (QED) is 0.898. The lowest BCUT2D eigenvalue weighted by Crippen LogP contribution is -2.14. The van der Waals surface area contributed by atoms with E-state index in [1.165, 1.54) is 0 Å². The van der Waals surface area contributed by atoms with Crippen molar-refractivity contribution in [1.82, 2.24) is 0 Å². The van der Waals surface area contributed by atoms with Gasteiger partial charge in [0.05, 0.1) is 6.42 Å². The monoisotopic (exact) mass is 279 g/mol. The molecule has 2 nitrogen and oxygen atoms in total. The summed E-state index contributed by atoms with van der Waals surface area (Å²) in [6.07, 6.45) is 0.324. The number of carbonyl (C=O) groups excluding carboxylic acids is 1. The zero-order valence-corrected chi connectivity index (χ0v) is 11.0. The average Bonchev–Trinajstić information content (AvgIpc) is 2.28. The van der Waals surface area contributed by atoms with Crippen LogP contribution in [0.5, 0.6) is 0 Å². The van der Waals surface area contributed by atoms with Crippen molar-refractivity contribution in [2.24, 2.45) is 0 Å². The minimum Gasteiger partial charge on any atom is -0.326 e. The molecule has 0 saturated carbocycles. The van der Waals surface area contributed by atoms with Gasteiger partial charge in [0, 0.05) is 15.7 Å². The van der Waals surface area contributed by atoms with Crippen LogP contribution in [0.2, 0.25) is 10.0 Å². The second-order valence-electron chi connectivity index (χ2n) is 3.87. The summed E-state index contributed by atoms with van der Waals surface area (Å²) in [7, 11) is 0. The van der Waals surface area contributed by atoms with E-state index in [2.05, 4.69) is 5.32 Å². The molecule has 4 heteroatoms. The third-order valence-electron chi connectivity index (χ3n) is 2.35. The Balaban J connectivity index is 2.03. The molecule has 1 N–H and O–H groups in total. The zero-order chi connectivity index (χ0) is 13.0. The van der Waals surface area contributed by atoms with Crippen molar-refractivity contribution in [3.8, 4) is 0 Å². The molecule has 0 spiro atoms. The second-order valence-corrected chi connectivity index (χ2v) is 4.74. The molecule has 0 atom stereocenters. The molecule has 2 rings (SSSR count). The van der Waals surface area contributed by atoms with Crippen LogP contribution in [-0.4, -0.2) is 5.91 Å². The van der Waals surface area contributed by atoms with Crippen LogP contribution in [0.1, 0.15) is 5.56 Å². The van der Waals surface area contributed by atoms with Crippen molar-refractivity contribution in [3.63, 3.8) is 0 Å². The van der Waals surface area contributed by atoms with Gasteiger partial charge in [-0.15, -0.1) is 0 Å². The summed E-state index contributed by atoms with van der Waals surface area (Å²) in [6.45, 7) is 0. The third kappa shape index (κ3) is 3.76. The summed E-state index contributed by atoms with van der Waals surface area (Å²) < 4.78 is 0. The highest BCUT2D eigenvalue weighted by molar-refractivity contribution is 6.35. The van der Waals surface area contributed by atoms with E-state index in [1.807, 2.05) is 30.3 Å². The molecule has 0 aliphatic rings. The third-order valence-corrected chi connectivity index (χ3v) is 2.79. The maximum Gasteiger partial charge on any atom is 0.228 e. The van der Waals surface area contributed by atoms with Gasteiger partial charge in [0.2, 0.25) is 5.91 Å². The van der Waals surface area contributed by atoms with E-state index in [-0.39, 0.29) is 5.91 Å². The molecule has 2 aromatic carbocycles. The summed E-state index contributed by atoms with van der Waals surface area (Å²) >= 11 is 11.7. The molecule has 18 heavy (non-hydrogen) atoms. The Morgan fingerprint density at radius 1 is 1.00 bits per heavy atom. The first-order valence-corrected chi connectivity index (χ1v) is 6.19. The van der Waals surface area contributed by atoms with Crippen LogP contribution in [0.15, 0.2) is 48.5 Å². The molecule has 0 aliphatic carbocycles. The summed E-state index contributed by atoms with van der Waals surface area (Å²) in [5, 5.41) is 3.76.